The molecule has 0 aromatic heterocycles. The van der Waals surface area contributed by atoms with Crippen LogP contribution in [0.5, 0.6) is 11.5 Å². The van der Waals surface area contributed by atoms with Gasteiger partial charge in [-0.15, -0.1) is 0 Å². The molecule has 3 rings (SSSR count). The van der Waals surface area contributed by atoms with Crippen molar-refractivity contribution in [1.29, 1.82) is 5.26 Å². The fourth-order valence-electron chi connectivity index (χ4n) is 3.41. The van der Waals surface area contributed by atoms with Gasteiger partial charge in [-0.25, -0.2) is 0 Å². The molecule has 0 aliphatic rings. The molecule has 0 radical (unpaired) electrons. The van der Waals surface area contributed by atoms with E-state index in [2.05, 4.69) is 6.07 Å². The van der Waals surface area contributed by atoms with Gasteiger partial charge in [-0.2, -0.15) is 5.26 Å². The molecule has 0 saturated heterocycles. The topological polar surface area (TPSA) is 53.2 Å². The van der Waals surface area contributed by atoms with Gasteiger partial charge in [-0.05, 0) is 53.4 Å². The lowest BCUT2D eigenvalue weighted by Gasteiger charge is -2.28. The van der Waals surface area contributed by atoms with Gasteiger partial charge in [0.1, 0.15) is 11.5 Å². The summed E-state index contributed by atoms with van der Waals surface area (Å²) in [7, 11) is 0. The van der Waals surface area contributed by atoms with Crippen LogP contribution in [0.4, 0.5) is 0 Å². The first-order valence-electron chi connectivity index (χ1n) is 9.21. The van der Waals surface area contributed by atoms with Gasteiger partial charge in [-0.1, -0.05) is 61.0 Å². The zero-order valence-corrected chi connectivity index (χ0v) is 16.4. The first-order chi connectivity index (χ1) is 13.6. The van der Waals surface area contributed by atoms with E-state index in [1.54, 1.807) is 0 Å². The summed E-state index contributed by atoms with van der Waals surface area (Å²) in [4.78, 5) is 0. The molecule has 3 aromatic carbocycles. The highest BCUT2D eigenvalue weighted by atomic mass is 35.5. The van der Waals surface area contributed by atoms with Crippen LogP contribution < -0.4 is 4.74 Å². The summed E-state index contributed by atoms with van der Waals surface area (Å²) in [5.41, 5.74) is 1.84. The van der Waals surface area contributed by atoms with E-state index >= 15 is 0 Å². The highest BCUT2D eigenvalue weighted by Gasteiger charge is 2.30. The molecular weight excluding hydrogens is 370 g/mol. The number of nitriles is 1. The Balaban J connectivity index is 1.95. The normalized spacial score (nSPS) is 13.9. The second kappa shape index (κ2) is 9.41. The number of nitrogens with zero attached hydrogens (tertiary/aromatic N) is 1. The average molecular weight is 392 g/mol. The predicted octanol–water partition coefficient (Wildman–Crippen LogP) is 6.15. The van der Waals surface area contributed by atoms with Gasteiger partial charge in [0.05, 0.1) is 12.0 Å². The van der Waals surface area contributed by atoms with Crippen LogP contribution in [0.25, 0.3) is 0 Å². The highest BCUT2D eigenvalue weighted by Crippen LogP contribution is 2.39. The summed E-state index contributed by atoms with van der Waals surface area (Å²) in [6, 6.07) is 27.0. The Bertz CT molecular complexity index is 935. The lowest BCUT2D eigenvalue weighted by Crippen LogP contribution is -2.20. The van der Waals surface area contributed by atoms with Crippen LogP contribution in [0.1, 0.15) is 29.9 Å². The fraction of sp³-hybridized carbons (Fsp3) is 0.208. The van der Waals surface area contributed by atoms with Gasteiger partial charge in [-0.3, -0.25) is 0 Å². The quantitative estimate of drug-likeness (QED) is 0.525. The van der Waals surface area contributed by atoms with Crippen molar-refractivity contribution in [3.8, 4) is 17.6 Å². The summed E-state index contributed by atoms with van der Waals surface area (Å²) in [6.45, 7) is 1.94. The molecule has 0 saturated carbocycles. The number of aliphatic hydroxyl groups excluding tert-OH is 1. The van der Waals surface area contributed by atoms with E-state index in [9.17, 15) is 10.4 Å². The van der Waals surface area contributed by atoms with Crippen molar-refractivity contribution in [2.24, 2.45) is 5.92 Å². The summed E-state index contributed by atoms with van der Waals surface area (Å²) in [6.07, 6.45) is 0. The van der Waals surface area contributed by atoms with E-state index < -0.39 is 5.92 Å². The fourth-order valence-corrected chi connectivity index (χ4v) is 3.53. The summed E-state index contributed by atoms with van der Waals surface area (Å²) in [5, 5.41) is 20.4. The largest absolute Gasteiger partial charge is 0.457 e. The number of ether oxygens (including phenoxy) is 1. The zero-order valence-electron chi connectivity index (χ0n) is 15.6. The minimum absolute atomic E-state index is 0.00825. The maximum atomic E-state index is 9.99. The molecule has 3 unspecified atom stereocenters. The molecule has 3 aromatic rings. The van der Waals surface area contributed by atoms with Crippen molar-refractivity contribution < 1.29 is 9.84 Å². The number of para-hydroxylation sites is 1. The molecule has 0 amide bonds. The molecule has 0 fully saturated rings. The molecule has 0 aliphatic carbocycles. The van der Waals surface area contributed by atoms with Gasteiger partial charge in [0.2, 0.25) is 0 Å². The smallest absolute Gasteiger partial charge is 0.127 e. The Hall–Kier alpha value is -2.80. The molecule has 4 heteroatoms. The summed E-state index contributed by atoms with van der Waals surface area (Å²) in [5.74, 6) is 0.730. The van der Waals surface area contributed by atoms with E-state index in [0.29, 0.717) is 10.8 Å². The third-order valence-electron chi connectivity index (χ3n) is 4.85. The van der Waals surface area contributed by atoms with Crippen molar-refractivity contribution in [3.05, 3.63) is 95.0 Å². The number of rotatable bonds is 7. The maximum absolute atomic E-state index is 9.99. The number of hydrogen-bond acceptors (Lipinski definition) is 3. The predicted molar refractivity (Wildman–Crippen MR) is 112 cm³/mol. The first kappa shape index (κ1) is 19.9. The van der Waals surface area contributed by atoms with Crippen molar-refractivity contribution in [3.63, 3.8) is 0 Å². The van der Waals surface area contributed by atoms with Crippen LogP contribution in [0, 0.1) is 17.2 Å². The third-order valence-corrected chi connectivity index (χ3v) is 5.10. The van der Waals surface area contributed by atoms with E-state index in [4.69, 9.17) is 16.3 Å². The molecule has 28 heavy (non-hydrogen) atoms. The van der Waals surface area contributed by atoms with Crippen LogP contribution in [0.15, 0.2) is 78.9 Å². The SMILES string of the molecule is CC(CO)C(c1ccc(Cl)cc1)C(C#N)c1cccc(Oc2ccccc2)c1. The molecule has 0 aliphatic heterocycles. The average Bonchev–Trinajstić information content (AvgIpc) is 2.73. The maximum Gasteiger partial charge on any atom is 0.127 e. The van der Waals surface area contributed by atoms with E-state index in [0.717, 1.165) is 16.9 Å². The standard InChI is InChI=1S/C24H22ClNO2/c1-17(16-27)24(18-10-12-20(25)13-11-18)23(15-26)19-6-5-9-22(14-19)28-21-7-3-2-4-8-21/h2-14,17,23-24,27H,16H2,1H3. The third kappa shape index (κ3) is 4.72. The molecule has 3 nitrogen and oxygen atoms in total. The molecule has 0 spiro atoms. The second-order valence-corrected chi connectivity index (χ2v) is 7.27. The van der Waals surface area contributed by atoms with Crippen molar-refractivity contribution in [1.82, 2.24) is 0 Å². The Morgan fingerprint density at radius 1 is 0.929 bits per heavy atom. The molecule has 3 atom stereocenters. The minimum atomic E-state index is -0.428. The molecule has 0 bridgehead atoms. The van der Waals surface area contributed by atoms with Crippen LogP contribution in [0.3, 0.4) is 0 Å². The molecule has 142 valence electrons. The Labute approximate surface area is 170 Å². The van der Waals surface area contributed by atoms with E-state index in [1.165, 1.54) is 0 Å². The lowest BCUT2D eigenvalue weighted by atomic mass is 9.75. The lowest BCUT2D eigenvalue weighted by molar-refractivity contribution is 0.210. The van der Waals surface area contributed by atoms with Crippen LogP contribution >= 0.6 is 11.6 Å². The monoisotopic (exact) mass is 391 g/mol. The highest BCUT2D eigenvalue weighted by molar-refractivity contribution is 6.30. The van der Waals surface area contributed by atoms with Gasteiger partial charge < -0.3 is 9.84 Å². The van der Waals surface area contributed by atoms with Crippen LogP contribution in [-0.2, 0) is 0 Å². The number of benzene rings is 3. The van der Waals surface area contributed by atoms with Crippen molar-refractivity contribution in [2.45, 2.75) is 18.8 Å². The van der Waals surface area contributed by atoms with Gasteiger partial charge in [0.25, 0.3) is 0 Å². The minimum Gasteiger partial charge on any atom is -0.457 e. The zero-order chi connectivity index (χ0) is 19.9. The summed E-state index contributed by atoms with van der Waals surface area (Å²) < 4.78 is 5.93. The number of aliphatic hydroxyl groups is 1. The van der Waals surface area contributed by atoms with Gasteiger partial charge >= 0.3 is 0 Å². The first-order valence-corrected chi connectivity index (χ1v) is 9.59. The van der Waals surface area contributed by atoms with Gasteiger partial charge in [0.15, 0.2) is 0 Å². The molecular formula is C24H22ClNO2. The second-order valence-electron chi connectivity index (χ2n) is 6.83. The number of hydrogen-bond donors (Lipinski definition) is 1. The van der Waals surface area contributed by atoms with Crippen molar-refractivity contribution in [2.75, 3.05) is 6.61 Å². The Morgan fingerprint density at radius 2 is 1.61 bits per heavy atom. The van der Waals surface area contributed by atoms with E-state index in [-0.39, 0.29) is 18.4 Å². The summed E-state index contributed by atoms with van der Waals surface area (Å²) >= 11 is 6.03. The van der Waals surface area contributed by atoms with Crippen LogP contribution in [-0.4, -0.2) is 11.7 Å². The Kier molecular flexibility index (Phi) is 6.71. The molecule has 1 N–H and O–H groups in total. The molecule has 0 heterocycles. The Morgan fingerprint density at radius 3 is 2.25 bits per heavy atom. The number of halogens is 1. The van der Waals surface area contributed by atoms with Gasteiger partial charge in [0, 0.05) is 17.5 Å². The van der Waals surface area contributed by atoms with E-state index in [1.807, 2.05) is 85.8 Å². The van der Waals surface area contributed by atoms with Crippen LogP contribution in [0.2, 0.25) is 5.02 Å². The van der Waals surface area contributed by atoms with Crippen molar-refractivity contribution >= 4 is 11.6 Å².